The van der Waals surface area contributed by atoms with Crippen LogP contribution >= 0.6 is 0 Å². The number of aliphatic carboxylic acids is 1. The Kier molecular flexibility index (Phi) is 8.03. The summed E-state index contributed by atoms with van der Waals surface area (Å²) in [4.78, 5) is 20.5. The van der Waals surface area contributed by atoms with Crippen LogP contribution in [-0.4, -0.2) is 65.0 Å². The van der Waals surface area contributed by atoms with E-state index in [9.17, 15) is 13.2 Å². The van der Waals surface area contributed by atoms with E-state index in [2.05, 4.69) is 51.4 Å². The van der Waals surface area contributed by atoms with E-state index in [1.54, 1.807) is 6.33 Å². The number of nitrogens with zero attached hydrogens (tertiary/aromatic N) is 3. The van der Waals surface area contributed by atoms with Crippen LogP contribution in [0.4, 0.5) is 24.7 Å². The van der Waals surface area contributed by atoms with Gasteiger partial charge in [0.05, 0.1) is 12.3 Å². The van der Waals surface area contributed by atoms with E-state index in [1.807, 2.05) is 0 Å². The monoisotopic (exact) mass is 452 g/mol. The Morgan fingerprint density at radius 2 is 1.91 bits per heavy atom. The van der Waals surface area contributed by atoms with E-state index in [1.165, 1.54) is 23.2 Å². The molecule has 1 aromatic heterocycles. The SMILES string of the molecule is Cc1ccc(Nc2ncnc3c2CCN(CC2CCOC2)CC3)cc1.O=C(O)C(F)(F)F. The second kappa shape index (κ2) is 10.7. The number of aromatic nitrogens is 2. The number of benzene rings is 1. The molecule has 0 radical (unpaired) electrons. The molecular weight excluding hydrogens is 425 g/mol. The van der Waals surface area contributed by atoms with Gasteiger partial charge in [-0.05, 0) is 37.8 Å². The van der Waals surface area contributed by atoms with Crippen LogP contribution in [0.15, 0.2) is 30.6 Å². The van der Waals surface area contributed by atoms with Gasteiger partial charge in [-0.3, -0.25) is 0 Å². The molecule has 2 N–H and O–H groups in total. The summed E-state index contributed by atoms with van der Waals surface area (Å²) in [6.07, 6.45) is -0.203. The molecule has 0 saturated carbocycles. The third-order valence-corrected chi connectivity index (χ3v) is 5.47. The maximum atomic E-state index is 10.6. The van der Waals surface area contributed by atoms with E-state index >= 15 is 0 Å². The second-order valence-corrected chi connectivity index (χ2v) is 7.97. The molecule has 10 heteroatoms. The predicted molar refractivity (Wildman–Crippen MR) is 113 cm³/mol. The van der Waals surface area contributed by atoms with Gasteiger partial charge in [-0.1, -0.05) is 17.7 Å². The van der Waals surface area contributed by atoms with E-state index in [4.69, 9.17) is 14.6 Å². The average molecular weight is 452 g/mol. The van der Waals surface area contributed by atoms with Gasteiger partial charge in [0.15, 0.2) is 0 Å². The van der Waals surface area contributed by atoms with Crippen molar-refractivity contribution >= 4 is 17.5 Å². The normalized spacial score (nSPS) is 18.8. The van der Waals surface area contributed by atoms with Crippen molar-refractivity contribution in [2.45, 2.75) is 32.4 Å². The molecule has 1 saturated heterocycles. The number of carbonyl (C=O) groups is 1. The number of hydrogen-bond acceptors (Lipinski definition) is 6. The van der Waals surface area contributed by atoms with Crippen LogP contribution in [-0.2, 0) is 22.4 Å². The number of aryl methyl sites for hydroxylation is 1. The van der Waals surface area contributed by atoms with Crippen molar-refractivity contribution in [3.05, 3.63) is 47.4 Å². The summed E-state index contributed by atoms with van der Waals surface area (Å²) in [5, 5.41) is 10.6. The van der Waals surface area contributed by atoms with Crippen LogP contribution in [0.2, 0.25) is 0 Å². The van der Waals surface area contributed by atoms with E-state index < -0.39 is 12.1 Å². The molecule has 3 heterocycles. The summed E-state index contributed by atoms with van der Waals surface area (Å²) in [7, 11) is 0. The van der Waals surface area contributed by atoms with Crippen LogP contribution in [0, 0.1) is 12.8 Å². The zero-order chi connectivity index (χ0) is 23.1. The first kappa shape index (κ1) is 23.9. The summed E-state index contributed by atoms with van der Waals surface area (Å²) < 4.78 is 37.3. The van der Waals surface area contributed by atoms with Gasteiger partial charge in [0.25, 0.3) is 0 Å². The molecule has 1 fully saturated rings. The zero-order valence-electron chi connectivity index (χ0n) is 17.9. The topological polar surface area (TPSA) is 87.6 Å². The Balaban J connectivity index is 0.000000360. The fourth-order valence-electron chi connectivity index (χ4n) is 3.73. The van der Waals surface area contributed by atoms with Crippen molar-refractivity contribution in [3.8, 4) is 0 Å². The standard InChI is InChI=1S/C20H26N4O.C2HF3O2/c1-15-2-4-17(5-3-15)23-20-18-6-9-24(12-16-8-11-25-13-16)10-7-19(18)21-14-22-20;3-2(4,5)1(6)7/h2-5,14,16H,6-13H2,1H3,(H,21,22,23);(H,6,7). The van der Waals surface area contributed by atoms with Gasteiger partial charge in [-0.25, -0.2) is 14.8 Å². The van der Waals surface area contributed by atoms with Crippen LogP contribution < -0.4 is 5.32 Å². The van der Waals surface area contributed by atoms with E-state index in [-0.39, 0.29) is 0 Å². The van der Waals surface area contributed by atoms with Gasteiger partial charge in [-0.2, -0.15) is 13.2 Å². The van der Waals surface area contributed by atoms with Crippen LogP contribution in [0.3, 0.4) is 0 Å². The number of alkyl halides is 3. The molecule has 0 spiro atoms. The predicted octanol–water partition coefficient (Wildman–Crippen LogP) is 3.60. The molecule has 7 nitrogen and oxygen atoms in total. The van der Waals surface area contributed by atoms with Crippen LogP contribution in [0.5, 0.6) is 0 Å². The Morgan fingerprint density at radius 1 is 1.22 bits per heavy atom. The van der Waals surface area contributed by atoms with Gasteiger partial charge < -0.3 is 20.1 Å². The number of carboxylic acids is 1. The van der Waals surface area contributed by atoms with E-state index in [0.717, 1.165) is 57.2 Å². The summed E-state index contributed by atoms with van der Waals surface area (Å²) in [6.45, 7) is 7.23. The minimum Gasteiger partial charge on any atom is -0.475 e. The lowest BCUT2D eigenvalue weighted by Crippen LogP contribution is -2.32. The van der Waals surface area contributed by atoms with Crippen molar-refractivity contribution in [2.75, 3.05) is 38.2 Å². The highest BCUT2D eigenvalue weighted by Crippen LogP contribution is 2.25. The third-order valence-electron chi connectivity index (χ3n) is 5.47. The first-order chi connectivity index (χ1) is 15.2. The molecule has 32 heavy (non-hydrogen) atoms. The van der Waals surface area contributed by atoms with Crippen LogP contribution in [0.25, 0.3) is 0 Å². The number of carboxylic acid groups (broad SMARTS) is 1. The quantitative estimate of drug-likeness (QED) is 0.733. The van der Waals surface area contributed by atoms with Crippen molar-refractivity contribution in [2.24, 2.45) is 5.92 Å². The summed E-state index contributed by atoms with van der Waals surface area (Å²) in [5.74, 6) is -1.11. The molecule has 4 rings (SSSR count). The minimum atomic E-state index is -5.08. The Morgan fingerprint density at radius 3 is 2.53 bits per heavy atom. The van der Waals surface area contributed by atoms with Gasteiger partial charge in [0, 0.05) is 43.9 Å². The number of fused-ring (bicyclic) bond motifs is 1. The maximum absolute atomic E-state index is 10.6. The molecule has 1 atom stereocenters. The molecule has 0 aliphatic carbocycles. The Bertz CT molecular complexity index is 900. The Labute approximate surface area is 184 Å². The number of nitrogens with one attached hydrogen (secondary N) is 1. The maximum Gasteiger partial charge on any atom is 0.490 e. The van der Waals surface area contributed by atoms with Gasteiger partial charge in [-0.15, -0.1) is 0 Å². The molecule has 1 aromatic carbocycles. The highest BCUT2D eigenvalue weighted by atomic mass is 19.4. The molecule has 2 aliphatic rings. The lowest BCUT2D eigenvalue weighted by molar-refractivity contribution is -0.192. The molecule has 2 aliphatic heterocycles. The first-order valence-corrected chi connectivity index (χ1v) is 10.5. The number of ether oxygens (including phenoxy) is 1. The van der Waals surface area contributed by atoms with Gasteiger partial charge >= 0.3 is 12.1 Å². The largest absolute Gasteiger partial charge is 0.490 e. The van der Waals surface area contributed by atoms with Crippen molar-refractivity contribution < 1.29 is 27.8 Å². The molecule has 0 amide bonds. The first-order valence-electron chi connectivity index (χ1n) is 10.5. The Hall–Kier alpha value is -2.72. The summed E-state index contributed by atoms with van der Waals surface area (Å²) in [6, 6.07) is 8.45. The highest BCUT2D eigenvalue weighted by Gasteiger charge is 2.38. The summed E-state index contributed by atoms with van der Waals surface area (Å²) in [5.41, 5.74) is 4.80. The third kappa shape index (κ3) is 6.89. The van der Waals surface area contributed by atoms with E-state index in [0.29, 0.717) is 5.92 Å². The highest BCUT2D eigenvalue weighted by molar-refractivity contribution is 5.73. The van der Waals surface area contributed by atoms with Gasteiger partial charge in [0.1, 0.15) is 12.1 Å². The number of hydrogen-bond donors (Lipinski definition) is 2. The van der Waals surface area contributed by atoms with Crippen LogP contribution in [0.1, 0.15) is 23.2 Å². The second-order valence-electron chi connectivity index (χ2n) is 7.97. The zero-order valence-corrected chi connectivity index (χ0v) is 17.9. The summed E-state index contributed by atoms with van der Waals surface area (Å²) >= 11 is 0. The van der Waals surface area contributed by atoms with Crippen molar-refractivity contribution in [1.82, 2.24) is 14.9 Å². The van der Waals surface area contributed by atoms with Crippen molar-refractivity contribution in [1.29, 1.82) is 0 Å². The molecular formula is C22H27F3N4O3. The average Bonchev–Trinajstić information content (AvgIpc) is 3.16. The number of anilines is 2. The smallest absolute Gasteiger partial charge is 0.475 e. The fourth-order valence-corrected chi connectivity index (χ4v) is 3.73. The molecule has 0 bridgehead atoms. The van der Waals surface area contributed by atoms with Gasteiger partial charge in [0.2, 0.25) is 0 Å². The lowest BCUT2D eigenvalue weighted by atomic mass is 10.1. The lowest BCUT2D eigenvalue weighted by Gasteiger charge is -2.22. The number of halogens is 3. The molecule has 2 aromatic rings. The fraction of sp³-hybridized carbons (Fsp3) is 0.500. The minimum absolute atomic E-state index is 0.692. The van der Waals surface area contributed by atoms with Crippen molar-refractivity contribution in [3.63, 3.8) is 0 Å². The molecule has 1 unspecified atom stereocenters. The molecule has 174 valence electrons. The number of rotatable bonds is 4.